The van der Waals surface area contributed by atoms with Gasteiger partial charge in [-0.1, -0.05) is 6.07 Å². The molecule has 6 N–H and O–H groups in total. The van der Waals surface area contributed by atoms with E-state index in [-0.39, 0.29) is 53.1 Å². The molecule has 4 aromatic rings. The normalized spacial score (nSPS) is 15.2. The molecule has 3 aromatic heterocycles. The molecule has 1 atom stereocenters. The molecule has 1 aliphatic rings. The molecule has 0 radical (unpaired) electrons. The summed E-state index contributed by atoms with van der Waals surface area (Å²) in [5.74, 6) is -1.30. The van der Waals surface area contributed by atoms with Crippen LogP contribution in [0.15, 0.2) is 36.7 Å². The molecule has 1 unspecified atom stereocenters. The molecular weight excluding hydrogens is 512 g/mol. The number of carbonyl (C=O) groups is 2. The van der Waals surface area contributed by atoms with E-state index < -0.39 is 29.7 Å². The van der Waals surface area contributed by atoms with E-state index in [1.165, 1.54) is 28.9 Å². The number of hydrogen-bond donors (Lipinski definition) is 5. The molecule has 14 heteroatoms. The topological polar surface area (TPSA) is 161 Å². The summed E-state index contributed by atoms with van der Waals surface area (Å²) >= 11 is 0. The van der Waals surface area contributed by atoms with E-state index in [4.69, 9.17) is 10.5 Å². The summed E-state index contributed by atoms with van der Waals surface area (Å²) in [6, 6.07) is 4.86. The van der Waals surface area contributed by atoms with Gasteiger partial charge in [0.25, 0.3) is 5.91 Å². The highest BCUT2D eigenvalue weighted by molar-refractivity contribution is 6.01. The Balaban J connectivity index is 1.63. The second-order valence-corrected chi connectivity index (χ2v) is 8.80. The summed E-state index contributed by atoms with van der Waals surface area (Å²) < 4.78 is 36.3. The standard InChI is InChI=1S/C25H25F2N9O3/c1-3-29-25(38)34-18-5-4-13(7-17(18)27)19-20(28)36-22-16(11-33-36)23(37)31-8-12(2)39-24-14(6-15(26)10-32-24)9-30-21(19)35-22/h4-7,10-12H,3,8-9,28H2,1-2H3,(H,30,35)(H,31,37)(H2,29,34,38). The average Bonchev–Trinajstić information content (AvgIpc) is 3.33. The number of aromatic nitrogens is 4. The minimum absolute atomic E-state index is 0.0204. The maximum Gasteiger partial charge on any atom is 0.319 e. The molecule has 0 aliphatic carbocycles. The molecule has 5 rings (SSSR count). The molecule has 2 bridgehead atoms. The molecule has 39 heavy (non-hydrogen) atoms. The minimum atomic E-state index is -0.713. The Kier molecular flexibility index (Phi) is 6.83. The largest absolute Gasteiger partial charge is 0.473 e. The fraction of sp³-hybridized carbons (Fsp3) is 0.240. The Bertz CT molecular complexity index is 1590. The van der Waals surface area contributed by atoms with Crippen molar-refractivity contribution < 1.29 is 23.1 Å². The Morgan fingerprint density at radius 3 is 2.85 bits per heavy atom. The summed E-state index contributed by atoms with van der Waals surface area (Å²) in [6.45, 7) is 4.01. The summed E-state index contributed by atoms with van der Waals surface area (Å²) in [5.41, 5.74) is 7.76. The maximum atomic E-state index is 15.0. The van der Waals surface area contributed by atoms with Gasteiger partial charge in [0.15, 0.2) is 5.65 Å². The predicted molar refractivity (Wildman–Crippen MR) is 139 cm³/mol. The zero-order valence-corrected chi connectivity index (χ0v) is 21.0. The first-order valence-corrected chi connectivity index (χ1v) is 12.1. The van der Waals surface area contributed by atoms with E-state index >= 15 is 4.39 Å². The number of fused-ring (bicyclic) bond motifs is 2. The first kappa shape index (κ1) is 25.6. The van der Waals surface area contributed by atoms with Crippen molar-refractivity contribution in [1.29, 1.82) is 0 Å². The first-order chi connectivity index (χ1) is 18.7. The summed E-state index contributed by atoms with van der Waals surface area (Å²) in [4.78, 5) is 33.5. The lowest BCUT2D eigenvalue weighted by Gasteiger charge is -2.18. The molecule has 1 aliphatic heterocycles. The van der Waals surface area contributed by atoms with Crippen LogP contribution >= 0.6 is 0 Å². The third kappa shape index (κ3) is 5.08. The number of amides is 3. The zero-order valence-electron chi connectivity index (χ0n) is 21.0. The number of urea groups is 1. The van der Waals surface area contributed by atoms with Gasteiger partial charge in [0.1, 0.15) is 34.9 Å². The molecule has 0 fully saturated rings. The number of halogens is 2. The van der Waals surface area contributed by atoms with Crippen molar-refractivity contribution in [3.63, 3.8) is 0 Å². The van der Waals surface area contributed by atoms with Crippen LogP contribution in [0, 0.1) is 11.6 Å². The number of benzene rings is 1. The summed E-state index contributed by atoms with van der Waals surface area (Å²) in [5, 5.41) is 15.1. The van der Waals surface area contributed by atoms with E-state index in [0.717, 1.165) is 6.20 Å². The Morgan fingerprint density at radius 1 is 1.26 bits per heavy atom. The lowest BCUT2D eigenvalue weighted by molar-refractivity contribution is 0.0932. The monoisotopic (exact) mass is 537 g/mol. The van der Waals surface area contributed by atoms with Gasteiger partial charge in [-0.25, -0.2) is 23.5 Å². The van der Waals surface area contributed by atoms with Crippen molar-refractivity contribution >= 4 is 34.9 Å². The number of rotatable bonds is 3. The van der Waals surface area contributed by atoms with Crippen LogP contribution in [0.5, 0.6) is 5.88 Å². The third-order valence-electron chi connectivity index (χ3n) is 5.97. The molecule has 4 heterocycles. The highest BCUT2D eigenvalue weighted by Crippen LogP contribution is 2.36. The SMILES string of the molecule is CCNC(=O)Nc1ccc(-c2c3nc4c(cnn4c2N)C(=O)NCC(C)Oc2ncc(F)cc2CN3)cc1F. The third-order valence-corrected chi connectivity index (χ3v) is 5.97. The van der Waals surface area contributed by atoms with Crippen LogP contribution in [-0.2, 0) is 6.54 Å². The molecule has 0 spiro atoms. The van der Waals surface area contributed by atoms with E-state index in [1.54, 1.807) is 19.9 Å². The summed E-state index contributed by atoms with van der Waals surface area (Å²) in [6.07, 6.45) is 1.88. The molecule has 3 amide bonds. The first-order valence-electron chi connectivity index (χ1n) is 12.1. The minimum Gasteiger partial charge on any atom is -0.473 e. The zero-order chi connectivity index (χ0) is 27.7. The molecule has 202 valence electrons. The van der Waals surface area contributed by atoms with Gasteiger partial charge in [0.2, 0.25) is 5.88 Å². The van der Waals surface area contributed by atoms with Crippen LogP contribution in [0.3, 0.4) is 0 Å². The lowest BCUT2D eigenvalue weighted by atomic mass is 10.1. The van der Waals surface area contributed by atoms with Crippen molar-refractivity contribution in [2.75, 3.05) is 29.5 Å². The average molecular weight is 538 g/mol. The summed E-state index contributed by atoms with van der Waals surface area (Å²) in [7, 11) is 0. The number of nitrogen functional groups attached to an aromatic ring is 1. The molecule has 0 saturated carbocycles. The second kappa shape index (κ2) is 10.4. The number of ether oxygens (including phenoxy) is 1. The lowest BCUT2D eigenvalue weighted by Crippen LogP contribution is -2.33. The number of hydrogen-bond acceptors (Lipinski definition) is 8. The van der Waals surface area contributed by atoms with Crippen LogP contribution in [-0.4, -0.2) is 50.7 Å². The van der Waals surface area contributed by atoms with Gasteiger partial charge in [-0.2, -0.15) is 9.61 Å². The van der Waals surface area contributed by atoms with E-state index in [0.29, 0.717) is 17.7 Å². The van der Waals surface area contributed by atoms with Gasteiger partial charge in [0, 0.05) is 18.7 Å². The van der Waals surface area contributed by atoms with Crippen LogP contribution in [0.1, 0.15) is 29.8 Å². The van der Waals surface area contributed by atoms with Gasteiger partial charge in [-0.3, -0.25) is 4.79 Å². The fourth-order valence-electron chi connectivity index (χ4n) is 4.13. The van der Waals surface area contributed by atoms with Gasteiger partial charge < -0.3 is 31.7 Å². The van der Waals surface area contributed by atoms with Crippen LogP contribution < -0.4 is 31.7 Å². The quantitative estimate of drug-likeness (QED) is 0.267. The van der Waals surface area contributed by atoms with Crippen molar-refractivity contribution in [2.24, 2.45) is 0 Å². The molecule has 1 aromatic carbocycles. The molecule has 0 saturated heterocycles. The van der Waals surface area contributed by atoms with Crippen molar-refractivity contribution in [3.8, 4) is 17.0 Å². The smallest absolute Gasteiger partial charge is 0.319 e. The predicted octanol–water partition coefficient (Wildman–Crippen LogP) is 2.92. The fourth-order valence-corrected chi connectivity index (χ4v) is 4.13. The van der Waals surface area contributed by atoms with Crippen LogP contribution in [0.25, 0.3) is 16.8 Å². The number of pyridine rings is 1. The van der Waals surface area contributed by atoms with Gasteiger partial charge in [-0.15, -0.1) is 0 Å². The number of anilines is 3. The van der Waals surface area contributed by atoms with Crippen LogP contribution in [0.2, 0.25) is 0 Å². The number of nitrogens with one attached hydrogen (secondary N) is 4. The van der Waals surface area contributed by atoms with Gasteiger partial charge >= 0.3 is 6.03 Å². The van der Waals surface area contributed by atoms with E-state index in [1.807, 2.05) is 0 Å². The van der Waals surface area contributed by atoms with Gasteiger partial charge in [0.05, 0.1) is 30.2 Å². The number of nitrogens with zero attached hydrogens (tertiary/aromatic N) is 4. The number of carbonyl (C=O) groups excluding carboxylic acids is 2. The molecule has 12 nitrogen and oxygen atoms in total. The Morgan fingerprint density at radius 2 is 2.08 bits per heavy atom. The Labute approximate surface area is 221 Å². The van der Waals surface area contributed by atoms with E-state index in [9.17, 15) is 14.0 Å². The van der Waals surface area contributed by atoms with E-state index in [2.05, 4.69) is 36.3 Å². The number of nitrogens with two attached hydrogens (primary N) is 1. The van der Waals surface area contributed by atoms with Crippen molar-refractivity contribution in [2.45, 2.75) is 26.5 Å². The van der Waals surface area contributed by atoms with Crippen LogP contribution in [0.4, 0.5) is 30.9 Å². The Hall–Kier alpha value is -5.01. The second-order valence-electron chi connectivity index (χ2n) is 8.80. The van der Waals surface area contributed by atoms with Crippen molar-refractivity contribution in [3.05, 3.63) is 59.4 Å². The van der Waals surface area contributed by atoms with Gasteiger partial charge in [-0.05, 0) is 37.6 Å². The highest BCUT2D eigenvalue weighted by atomic mass is 19.1. The highest BCUT2D eigenvalue weighted by Gasteiger charge is 2.24. The van der Waals surface area contributed by atoms with Crippen molar-refractivity contribution in [1.82, 2.24) is 30.2 Å². The maximum absolute atomic E-state index is 15.0. The molecular formula is C25H25F2N9O3.